The summed E-state index contributed by atoms with van der Waals surface area (Å²) in [6, 6.07) is 4.01. The molecule has 0 aliphatic heterocycles. The first-order chi connectivity index (χ1) is 8.59. The summed E-state index contributed by atoms with van der Waals surface area (Å²) >= 11 is 0. The van der Waals surface area contributed by atoms with Gasteiger partial charge in [0.25, 0.3) is 0 Å². The van der Waals surface area contributed by atoms with E-state index >= 15 is 0 Å². The van der Waals surface area contributed by atoms with Crippen molar-refractivity contribution in [1.82, 2.24) is 10.3 Å². The van der Waals surface area contributed by atoms with Gasteiger partial charge in [0.2, 0.25) is 0 Å². The molecular weight excluding hydrogens is 242 g/mol. The van der Waals surface area contributed by atoms with Crippen LogP contribution in [0.25, 0.3) is 10.9 Å². The number of carboxylic acid groups (broad SMARTS) is 1. The lowest BCUT2D eigenvalue weighted by atomic mass is 10.1. The van der Waals surface area contributed by atoms with Gasteiger partial charge in [0.1, 0.15) is 17.2 Å². The van der Waals surface area contributed by atoms with Crippen LogP contribution in [0, 0.1) is 11.6 Å². The summed E-state index contributed by atoms with van der Waals surface area (Å²) in [6.07, 6.45) is 0.273. The molecule has 0 fully saturated rings. The van der Waals surface area contributed by atoms with Crippen LogP contribution in [-0.4, -0.2) is 22.7 Å². The second-order valence-electron chi connectivity index (χ2n) is 3.71. The Labute approximate surface area is 101 Å². The highest BCUT2D eigenvalue weighted by atomic mass is 19.1. The topological polar surface area (TPSA) is 62.2 Å². The largest absolute Gasteiger partial charge is 0.465 e. The highest BCUT2D eigenvalue weighted by Gasteiger charge is 2.12. The summed E-state index contributed by atoms with van der Waals surface area (Å²) in [6.45, 7) is 0.0253. The Morgan fingerprint density at radius 2 is 2.22 bits per heavy atom. The van der Waals surface area contributed by atoms with Crippen LogP contribution in [0.5, 0.6) is 0 Å². The van der Waals surface area contributed by atoms with E-state index in [0.29, 0.717) is 0 Å². The van der Waals surface area contributed by atoms with Crippen molar-refractivity contribution in [1.29, 1.82) is 0 Å². The first kappa shape index (κ1) is 12.2. The Bertz CT molecular complexity index is 602. The van der Waals surface area contributed by atoms with Gasteiger partial charge in [-0.2, -0.15) is 0 Å². The summed E-state index contributed by atoms with van der Waals surface area (Å²) in [5.74, 6) is -1.18. The molecule has 2 N–H and O–H groups in total. The molecule has 0 bridgehead atoms. The molecule has 1 amide bonds. The maximum Gasteiger partial charge on any atom is 0.404 e. The number of nitrogens with one attached hydrogen (secondary N) is 1. The smallest absolute Gasteiger partial charge is 0.404 e. The zero-order valence-electron chi connectivity index (χ0n) is 9.28. The molecule has 1 aromatic carbocycles. The molecule has 2 aromatic rings. The van der Waals surface area contributed by atoms with Gasteiger partial charge < -0.3 is 10.4 Å². The van der Waals surface area contributed by atoms with Crippen molar-refractivity contribution in [2.24, 2.45) is 0 Å². The molecule has 0 saturated carbocycles. The molecule has 0 aliphatic rings. The molecule has 0 spiro atoms. The van der Waals surface area contributed by atoms with E-state index in [2.05, 4.69) is 10.3 Å². The fraction of sp³-hybridized carbons (Fsp3) is 0.167. The van der Waals surface area contributed by atoms with Crippen LogP contribution in [0.15, 0.2) is 24.4 Å². The quantitative estimate of drug-likeness (QED) is 0.881. The molecule has 2 rings (SSSR count). The molecule has 0 unspecified atom stereocenters. The van der Waals surface area contributed by atoms with E-state index in [0.717, 1.165) is 6.07 Å². The van der Waals surface area contributed by atoms with Crippen molar-refractivity contribution in [2.75, 3.05) is 6.54 Å². The van der Waals surface area contributed by atoms with Crippen LogP contribution >= 0.6 is 0 Å². The van der Waals surface area contributed by atoms with E-state index in [4.69, 9.17) is 5.11 Å². The third kappa shape index (κ3) is 2.37. The lowest BCUT2D eigenvalue weighted by Crippen LogP contribution is -2.23. The summed E-state index contributed by atoms with van der Waals surface area (Å²) in [4.78, 5) is 14.0. The van der Waals surface area contributed by atoms with E-state index in [1.807, 2.05) is 0 Å². The zero-order chi connectivity index (χ0) is 13.1. The van der Waals surface area contributed by atoms with Crippen molar-refractivity contribution in [3.05, 3.63) is 41.6 Å². The fourth-order valence-corrected chi connectivity index (χ4v) is 1.72. The molecule has 18 heavy (non-hydrogen) atoms. The number of nitrogens with zero attached hydrogens (tertiary/aromatic N) is 1. The van der Waals surface area contributed by atoms with Crippen LogP contribution in [0.4, 0.5) is 13.6 Å². The predicted octanol–water partition coefficient (Wildman–Crippen LogP) is 2.32. The van der Waals surface area contributed by atoms with Gasteiger partial charge in [-0.25, -0.2) is 13.6 Å². The molecular formula is C12H10F2N2O2. The minimum absolute atomic E-state index is 0.0232. The molecule has 0 atom stereocenters. The lowest BCUT2D eigenvalue weighted by Gasteiger charge is -2.07. The number of aromatic nitrogens is 1. The third-order valence-electron chi connectivity index (χ3n) is 2.52. The first-order valence-corrected chi connectivity index (χ1v) is 5.28. The highest BCUT2D eigenvalue weighted by molar-refractivity contribution is 5.80. The Hall–Kier alpha value is -2.24. The van der Waals surface area contributed by atoms with Crippen LogP contribution in [0.2, 0.25) is 0 Å². The molecule has 0 aliphatic carbocycles. The number of fused-ring (bicyclic) bond motifs is 1. The number of amides is 1. The predicted molar refractivity (Wildman–Crippen MR) is 61.4 cm³/mol. The molecule has 0 radical (unpaired) electrons. The monoisotopic (exact) mass is 252 g/mol. The third-order valence-corrected chi connectivity index (χ3v) is 2.52. The van der Waals surface area contributed by atoms with Crippen LogP contribution in [0.1, 0.15) is 5.56 Å². The Morgan fingerprint density at radius 1 is 1.44 bits per heavy atom. The van der Waals surface area contributed by atoms with Gasteiger partial charge in [-0.05, 0) is 30.2 Å². The molecule has 4 nitrogen and oxygen atoms in total. The normalized spacial score (nSPS) is 10.6. The van der Waals surface area contributed by atoms with Crippen molar-refractivity contribution in [2.45, 2.75) is 6.42 Å². The van der Waals surface area contributed by atoms with Gasteiger partial charge in [-0.3, -0.25) is 4.98 Å². The second kappa shape index (κ2) is 4.95. The van der Waals surface area contributed by atoms with E-state index in [1.54, 1.807) is 0 Å². The van der Waals surface area contributed by atoms with Crippen molar-refractivity contribution < 1.29 is 18.7 Å². The van der Waals surface area contributed by atoms with Crippen molar-refractivity contribution >= 4 is 17.0 Å². The number of benzene rings is 1. The molecule has 94 valence electrons. The SMILES string of the molecule is O=C(O)NCCc1cc(F)c2ncccc2c1F. The number of hydrogen-bond acceptors (Lipinski definition) is 2. The van der Waals surface area contributed by atoms with E-state index in [9.17, 15) is 13.6 Å². The summed E-state index contributed by atoms with van der Waals surface area (Å²) < 4.78 is 27.6. The van der Waals surface area contributed by atoms with Crippen LogP contribution in [0.3, 0.4) is 0 Å². The molecule has 1 heterocycles. The minimum atomic E-state index is -1.20. The first-order valence-electron chi connectivity index (χ1n) is 5.28. The van der Waals surface area contributed by atoms with E-state index < -0.39 is 17.7 Å². The van der Waals surface area contributed by atoms with Gasteiger partial charge in [-0.15, -0.1) is 0 Å². The highest BCUT2D eigenvalue weighted by Crippen LogP contribution is 2.22. The van der Waals surface area contributed by atoms with Gasteiger partial charge >= 0.3 is 6.09 Å². The minimum Gasteiger partial charge on any atom is -0.465 e. The average Bonchev–Trinajstić information content (AvgIpc) is 2.35. The van der Waals surface area contributed by atoms with Gasteiger partial charge in [0, 0.05) is 18.1 Å². The number of carbonyl (C=O) groups is 1. The van der Waals surface area contributed by atoms with E-state index in [1.165, 1.54) is 18.3 Å². The fourth-order valence-electron chi connectivity index (χ4n) is 1.72. The number of pyridine rings is 1. The van der Waals surface area contributed by atoms with Crippen molar-refractivity contribution in [3.63, 3.8) is 0 Å². The maximum atomic E-state index is 14.0. The average molecular weight is 252 g/mol. The van der Waals surface area contributed by atoms with Gasteiger partial charge in [-0.1, -0.05) is 0 Å². The Morgan fingerprint density at radius 3 is 2.94 bits per heavy atom. The zero-order valence-corrected chi connectivity index (χ0v) is 9.28. The maximum absolute atomic E-state index is 14.0. The summed E-state index contributed by atoms with van der Waals surface area (Å²) in [7, 11) is 0. The number of hydrogen-bond donors (Lipinski definition) is 2. The number of halogens is 2. The van der Waals surface area contributed by atoms with E-state index in [-0.39, 0.29) is 29.4 Å². The van der Waals surface area contributed by atoms with Gasteiger partial charge in [0.15, 0.2) is 0 Å². The standard InChI is InChI=1S/C12H10F2N2O2/c13-9-6-7(3-5-16-12(17)18)10(14)8-2-1-4-15-11(8)9/h1-2,4,6,16H,3,5H2,(H,17,18). The molecule has 6 heteroatoms. The second-order valence-corrected chi connectivity index (χ2v) is 3.71. The molecule has 0 saturated heterocycles. The molecule has 1 aromatic heterocycles. The Balaban J connectivity index is 2.34. The lowest BCUT2D eigenvalue weighted by molar-refractivity contribution is 0.194. The number of rotatable bonds is 3. The van der Waals surface area contributed by atoms with Gasteiger partial charge in [0.05, 0.1) is 0 Å². The van der Waals surface area contributed by atoms with Crippen LogP contribution < -0.4 is 5.32 Å². The van der Waals surface area contributed by atoms with Crippen LogP contribution in [-0.2, 0) is 6.42 Å². The summed E-state index contributed by atoms with van der Waals surface area (Å²) in [5.41, 5.74) is 0.103. The Kier molecular flexibility index (Phi) is 3.36. The summed E-state index contributed by atoms with van der Waals surface area (Å²) in [5, 5.41) is 10.6. The van der Waals surface area contributed by atoms with Crippen molar-refractivity contribution in [3.8, 4) is 0 Å².